The van der Waals surface area contributed by atoms with Crippen LogP contribution in [0.25, 0.3) is 0 Å². The van der Waals surface area contributed by atoms with Crippen molar-refractivity contribution in [2.75, 3.05) is 0 Å². The smallest absolute Gasteiger partial charge is 0.243 e. The third-order valence-electron chi connectivity index (χ3n) is 2.38. The van der Waals surface area contributed by atoms with Crippen molar-refractivity contribution in [3.8, 4) is 0 Å². The molecule has 1 aromatic heterocycles. The van der Waals surface area contributed by atoms with Crippen molar-refractivity contribution in [1.29, 1.82) is 0 Å². The Hall–Kier alpha value is -0.610. The number of carbonyl (C=O) groups is 1. The van der Waals surface area contributed by atoms with E-state index in [0.29, 0.717) is 6.42 Å². The van der Waals surface area contributed by atoms with Gasteiger partial charge in [-0.1, -0.05) is 6.42 Å². The van der Waals surface area contributed by atoms with E-state index in [1.54, 1.807) is 0 Å². The second-order valence-electron chi connectivity index (χ2n) is 3.32. The number of Topliss-reactive ketones (excluding diaryl/α,β-unsaturated/α-hetero) is 1. The molecule has 0 radical (unpaired) electrons. The van der Waals surface area contributed by atoms with Crippen LogP contribution in [0.15, 0.2) is 0 Å². The second-order valence-corrected chi connectivity index (χ2v) is 4.00. The molecule has 0 N–H and O–H groups in total. The molecule has 1 aliphatic carbocycles. The van der Waals surface area contributed by atoms with E-state index in [9.17, 15) is 4.79 Å². The molecule has 1 aromatic rings. The minimum Gasteiger partial charge on any atom is -0.297 e. The topological polar surface area (TPSA) is 47.8 Å². The Morgan fingerprint density at radius 3 is 2.71 bits per heavy atom. The highest BCUT2D eigenvalue weighted by Gasteiger charge is 2.26. The summed E-state index contributed by atoms with van der Waals surface area (Å²) in [7, 11) is 0. The van der Waals surface area contributed by atoms with E-state index >= 15 is 0 Å². The Kier molecular flexibility index (Phi) is 2.74. The van der Waals surface area contributed by atoms with Gasteiger partial charge in [0.15, 0.2) is 5.78 Å². The van der Waals surface area contributed by atoms with Crippen LogP contribution in [0.4, 0.5) is 0 Å². The fraction of sp³-hybridized carbons (Fsp3) is 0.625. The summed E-state index contributed by atoms with van der Waals surface area (Å²) in [5.41, 5.74) is 0. The van der Waals surface area contributed by atoms with Gasteiger partial charge in [-0.2, -0.15) is 4.98 Å². The van der Waals surface area contributed by atoms with Crippen molar-refractivity contribution in [3.05, 3.63) is 10.6 Å². The first-order chi connectivity index (χ1) is 6.68. The van der Waals surface area contributed by atoms with Crippen LogP contribution < -0.4 is 0 Å². The zero-order chi connectivity index (χ0) is 10.1. The lowest BCUT2D eigenvalue weighted by atomic mass is 9.94. The molecule has 1 aliphatic rings. The van der Waals surface area contributed by atoms with Crippen molar-refractivity contribution in [2.45, 2.75) is 31.7 Å². The molecule has 0 unspecified atom stereocenters. The number of hydrogen-bond acceptors (Lipinski definition) is 3. The van der Waals surface area contributed by atoms with E-state index in [1.807, 2.05) is 0 Å². The van der Waals surface area contributed by atoms with Crippen molar-refractivity contribution in [3.63, 3.8) is 0 Å². The predicted octanol–water partition coefficient (Wildman–Crippen LogP) is 2.27. The van der Waals surface area contributed by atoms with Crippen LogP contribution in [0.2, 0.25) is 10.6 Å². The van der Waals surface area contributed by atoms with Crippen LogP contribution in [0.5, 0.6) is 0 Å². The van der Waals surface area contributed by atoms with Crippen LogP contribution in [-0.4, -0.2) is 20.5 Å². The molecule has 6 heteroatoms. The van der Waals surface area contributed by atoms with Crippen LogP contribution in [-0.2, 0) is 4.79 Å². The van der Waals surface area contributed by atoms with E-state index in [0.717, 1.165) is 19.3 Å². The normalized spacial score (nSPS) is 22.7. The standard InChI is InChI=1S/C8H9Cl2N3O/c9-7-11-8(10)13(12-7)5-3-1-2-4-6(5)14/h5H,1-4H2/t5-/m0/s1. The first-order valence-electron chi connectivity index (χ1n) is 4.49. The van der Waals surface area contributed by atoms with Gasteiger partial charge in [-0.05, 0) is 36.0 Å². The highest BCUT2D eigenvalue weighted by molar-refractivity contribution is 6.31. The molecule has 0 saturated heterocycles. The van der Waals surface area contributed by atoms with Gasteiger partial charge in [0.25, 0.3) is 0 Å². The number of nitrogens with zero attached hydrogens (tertiary/aromatic N) is 3. The Morgan fingerprint density at radius 2 is 2.14 bits per heavy atom. The van der Waals surface area contributed by atoms with Crippen molar-refractivity contribution < 1.29 is 4.79 Å². The summed E-state index contributed by atoms with van der Waals surface area (Å²) in [5, 5.41) is 4.18. The fourth-order valence-electron chi connectivity index (χ4n) is 1.70. The van der Waals surface area contributed by atoms with E-state index in [4.69, 9.17) is 23.2 Å². The summed E-state index contributed by atoms with van der Waals surface area (Å²) >= 11 is 11.4. The molecule has 1 fully saturated rings. The molecule has 0 spiro atoms. The molecule has 0 aliphatic heterocycles. The summed E-state index contributed by atoms with van der Waals surface area (Å²) < 4.78 is 1.42. The van der Waals surface area contributed by atoms with Gasteiger partial charge >= 0.3 is 0 Å². The highest BCUT2D eigenvalue weighted by atomic mass is 35.5. The maximum Gasteiger partial charge on any atom is 0.243 e. The number of aromatic nitrogens is 3. The van der Waals surface area contributed by atoms with Crippen molar-refractivity contribution in [2.24, 2.45) is 0 Å². The Balaban J connectivity index is 2.28. The summed E-state index contributed by atoms with van der Waals surface area (Å²) in [4.78, 5) is 15.3. The van der Waals surface area contributed by atoms with Gasteiger partial charge in [0, 0.05) is 6.42 Å². The second kappa shape index (κ2) is 3.87. The SMILES string of the molecule is O=C1CCCC[C@@H]1n1nc(Cl)nc1Cl. The number of ketones is 1. The Bertz CT molecular complexity index is 363. The van der Waals surface area contributed by atoms with Gasteiger partial charge in [-0.3, -0.25) is 4.79 Å². The first-order valence-corrected chi connectivity index (χ1v) is 5.24. The average molecular weight is 234 g/mol. The predicted molar refractivity (Wildman–Crippen MR) is 52.6 cm³/mol. The summed E-state index contributed by atoms with van der Waals surface area (Å²) in [5.74, 6) is 0.166. The third kappa shape index (κ3) is 1.77. The maximum absolute atomic E-state index is 11.6. The number of hydrogen-bond donors (Lipinski definition) is 0. The van der Waals surface area contributed by atoms with Crippen LogP contribution in [0, 0.1) is 0 Å². The number of rotatable bonds is 1. The van der Waals surface area contributed by atoms with E-state index in [2.05, 4.69) is 10.1 Å². The van der Waals surface area contributed by atoms with Gasteiger partial charge in [0.1, 0.15) is 6.04 Å². The van der Waals surface area contributed by atoms with E-state index < -0.39 is 0 Å². The molecule has 4 nitrogen and oxygen atoms in total. The molecule has 0 bridgehead atoms. The maximum atomic E-state index is 11.6. The molecule has 1 saturated carbocycles. The fourth-order valence-corrected chi connectivity index (χ4v) is 2.14. The molecule has 0 amide bonds. The lowest BCUT2D eigenvalue weighted by Crippen LogP contribution is -2.24. The monoisotopic (exact) mass is 233 g/mol. The van der Waals surface area contributed by atoms with Gasteiger partial charge in [-0.25, -0.2) is 4.68 Å². The Labute approximate surface area is 91.2 Å². The van der Waals surface area contributed by atoms with Crippen molar-refractivity contribution in [1.82, 2.24) is 14.8 Å². The zero-order valence-corrected chi connectivity index (χ0v) is 8.92. The average Bonchev–Trinajstić information content (AvgIpc) is 2.46. The molecular formula is C8H9Cl2N3O. The summed E-state index contributed by atoms with van der Waals surface area (Å²) in [6.07, 6.45) is 3.34. The minimum atomic E-state index is -0.267. The van der Waals surface area contributed by atoms with Gasteiger partial charge in [0.2, 0.25) is 10.6 Å². The molecule has 0 aromatic carbocycles. The largest absolute Gasteiger partial charge is 0.297 e. The summed E-state index contributed by atoms with van der Waals surface area (Å²) in [6.45, 7) is 0. The quantitative estimate of drug-likeness (QED) is 0.748. The van der Waals surface area contributed by atoms with Crippen LogP contribution >= 0.6 is 23.2 Å². The summed E-state index contributed by atoms with van der Waals surface area (Å²) in [6, 6.07) is -0.267. The zero-order valence-electron chi connectivity index (χ0n) is 7.41. The number of halogens is 2. The van der Waals surface area contributed by atoms with Crippen LogP contribution in [0.1, 0.15) is 31.7 Å². The Morgan fingerprint density at radius 1 is 1.36 bits per heavy atom. The lowest BCUT2D eigenvalue weighted by molar-refractivity contribution is -0.124. The molecule has 1 heterocycles. The van der Waals surface area contributed by atoms with E-state index in [-0.39, 0.29) is 22.4 Å². The lowest BCUT2D eigenvalue weighted by Gasteiger charge is -2.20. The first kappa shape index (κ1) is 9.93. The molecule has 1 atom stereocenters. The highest BCUT2D eigenvalue weighted by Crippen LogP contribution is 2.27. The molecule has 76 valence electrons. The minimum absolute atomic E-state index is 0.0911. The van der Waals surface area contributed by atoms with Gasteiger partial charge in [-0.15, -0.1) is 5.10 Å². The van der Waals surface area contributed by atoms with Crippen LogP contribution in [0.3, 0.4) is 0 Å². The van der Waals surface area contributed by atoms with Crippen molar-refractivity contribution >= 4 is 29.0 Å². The van der Waals surface area contributed by atoms with E-state index in [1.165, 1.54) is 4.68 Å². The molecular weight excluding hydrogens is 225 g/mol. The molecule has 2 rings (SSSR count). The van der Waals surface area contributed by atoms with Gasteiger partial charge < -0.3 is 0 Å². The number of carbonyl (C=O) groups excluding carboxylic acids is 1. The van der Waals surface area contributed by atoms with Gasteiger partial charge in [0.05, 0.1) is 0 Å². The third-order valence-corrected chi connectivity index (χ3v) is 2.80. The molecule has 14 heavy (non-hydrogen) atoms.